The number of aryl methyl sites for hydroxylation is 1. The normalized spacial score (nSPS) is 10.8. The Morgan fingerprint density at radius 1 is 1.06 bits per heavy atom. The zero-order valence-corrected chi connectivity index (χ0v) is 9.09. The van der Waals surface area contributed by atoms with E-state index in [1.807, 2.05) is 30.5 Å². The maximum atomic E-state index is 4.39. The van der Waals surface area contributed by atoms with Gasteiger partial charge in [-0.25, -0.2) is 0 Å². The van der Waals surface area contributed by atoms with Crippen molar-refractivity contribution in [3.05, 3.63) is 60.6 Å². The van der Waals surface area contributed by atoms with Gasteiger partial charge in [0.25, 0.3) is 0 Å². The summed E-state index contributed by atoms with van der Waals surface area (Å²) in [7, 11) is 0. The lowest BCUT2D eigenvalue weighted by atomic mass is 10.1. The Balaban J connectivity index is 2.29. The summed E-state index contributed by atoms with van der Waals surface area (Å²) in [5, 5.41) is 0. The lowest BCUT2D eigenvalue weighted by Crippen LogP contribution is -1.80. The monoisotopic (exact) mass is 208 g/mol. The Bertz CT molecular complexity index is 624. The molecule has 0 unspecified atom stereocenters. The highest BCUT2D eigenvalue weighted by Crippen LogP contribution is 2.25. The molecule has 0 fully saturated rings. The molecule has 2 nitrogen and oxygen atoms in total. The van der Waals surface area contributed by atoms with Crippen LogP contribution in [0.3, 0.4) is 0 Å². The van der Waals surface area contributed by atoms with Crippen LogP contribution in [0.1, 0.15) is 5.56 Å². The first-order chi connectivity index (χ1) is 7.86. The van der Waals surface area contributed by atoms with E-state index >= 15 is 0 Å². The molecule has 3 aromatic rings. The van der Waals surface area contributed by atoms with E-state index < -0.39 is 0 Å². The fraction of sp³-hybridized carbons (Fsp3) is 0.0714. The topological polar surface area (TPSA) is 17.3 Å². The van der Waals surface area contributed by atoms with E-state index in [0.29, 0.717) is 0 Å². The van der Waals surface area contributed by atoms with Gasteiger partial charge in [-0.1, -0.05) is 12.1 Å². The Morgan fingerprint density at radius 2 is 1.94 bits per heavy atom. The van der Waals surface area contributed by atoms with Crippen molar-refractivity contribution in [3.63, 3.8) is 0 Å². The molecule has 0 saturated carbocycles. The van der Waals surface area contributed by atoms with Gasteiger partial charge in [0, 0.05) is 29.7 Å². The molecule has 0 aromatic carbocycles. The van der Waals surface area contributed by atoms with E-state index in [4.69, 9.17) is 0 Å². The summed E-state index contributed by atoms with van der Waals surface area (Å²) >= 11 is 0. The van der Waals surface area contributed by atoms with E-state index in [1.54, 1.807) is 0 Å². The molecule has 0 saturated heterocycles. The first-order valence-corrected chi connectivity index (χ1v) is 5.34. The summed E-state index contributed by atoms with van der Waals surface area (Å²) in [4.78, 5) is 4.39. The zero-order chi connectivity index (χ0) is 11.0. The zero-order valence-electron chi connectivity index (χ0n) is 9.09. The van der Waals surface area contributed by atoms with E-state index in [1.165, 1.54) is 16.6 Å². The molecule has 0 amide bonds. The van der Waals surface area contributed by atoms with Gasteiger partial charge >= 0.3 is 0 Å². The number of nitrogens with zero attached hydrogens (tertiary/aromatic N) is 2. The quantitative estimate of drug-likeness (QED) is 0.599. The molecule has 2 heteroatoms. The minimum absolute atomic E-state index is 1.03. The molecule has 0 radical (unpaired) electrons. The Kier molecular flexibility index (Phi) is 2.00. The van der Waals surface area contributed by atoms with E-state index in [0.717, 1.165) is 5.69 Å². The van der Waals surface area contributed by atoms with Crippen LogP contribution in [0.25, 0.3) is 16.8 Å². The van der Waals surface area contributed by atoms with Crippen molar-refractivity contribution in [2.45, 2.75) is 6.92 Å². The van der Waals surface area contributed by atoms with Gasteiger partial charge in [0.05, 0.1) is 5.69 Å². The van der Waals surface area contributed by atoms with Crippen LogP contribution in [-0.4, -0.2) is 9.38 Å². The Morgan fingerprint density at radius 3 is 2.69 bits per heavy atom. The molecular weight excluding hydrogens is 196 g/mol. The maximum Gasteiger partial charge on any atom is 0.0720 e. The van der Waals surface area contributed by atoms with Crippen LogP contribution in [0.15, 0.2) is 55.0 Å². The fourth-order valence-electron chi connectivity index (χ4n) is 2.04. The molecule has 0 aliphatic carbocycles. The van der Waals surface area contributed by atoms with Crippen molar-refractivity contribution >= 4 is 5.52 Å². The van der Waals surface area contributed by atoms with Crippen molar-refractivity contribution in [1.82, 2.24) is 9.38 Å². The van der Waals surface area contributed by atoms with Crippen LogP contribution in [0.4, 0.5) is 0 Å². The fourth-order valence-corrected chi connectivity index (χ4v) is 2.04. The van der Waals surface area contributed by atoms with Gasteiger partial charge in [0.2, 0.25) is 0 Å². The van der Waals surface area contributed by atoms with Crippen LogP contribution in [0.2, 0.25) is 0 Å². The van der Waals surface area contributed by atoms with E-state index in [-0.39, 0.29) is 0 Å². The summed E-state index contributed by atoms with van der Waals surface area (Å²) < 4.78 is 2.14. The molecule has 0 bridgehead atoms. The minimum Gasteiger partial charge on any atom is -0.323 e. The molecule has 0 spiro atoms. The number of pyridine rings is 2. The molecule has 16 heavy (non-hydrogen) atoms. The lowest BCUT2D eigenvalue weighted by molar-refractivity contribution is 1.19. The van der Waals surface area contributed by atoms with E-state index in [9.17, 15) is 0 Å². The molecule has 0 atom stereocenters. The lowest BCUT2D eigenvalue weighted by Gasteiger charge is -1.97. The van der Waals surface area contributed by atoms with Crippen molar-refractivity contribution in [2.75, 3.05) is 0 Å². The molecule has 3 aromatic heterocycles. The van der Waals surface area contributed by atoms with Crippen LogP contribution in [0, 0.1) is 6.92 Å². The van der Waals surface area contributed by atoms with Gasteiger partial charge in [-0.3, -0.25) is 4.98 Å². The standard InChI is InChI=1S/C14H12N2/c1-11-12(13-6-2-4-8-15-13)10-16-9-5-3-7-14(11)16/h2-10H,1H3. The Hall–Kier alpha value is -2.09. The van der Waals surface area contributed by atoms with E-state index in [2.05, 4.69) is 40.8 Å². The molecule has 78 valence electrons. The smallest absolute Gasteiger partial charge is 0.0720 e. The molecule has 0 N–H and O–H groups in total. The first-order valence-electron chi connectivity index (χ1n) is 5.34. The number of aromatic nitrogens is 2. The third-order valence-corrected chi connectivity index (χ3v) is 2.89. The second-order valence-corrected chi connectivity index (χ2v) is 3.88. The summed E-state index contributed by atoms with van der Waals surface area (Å²) in [6.07, 6.45) is 6.03. The van der Waals surface area contributed by atoms with Gasteiger partial charge in [0.1, 0.15) is 0 Å². The van der Waals surface area contributed by atoms with Gasteiger partial charge in [-0.05, 0) is 36.8 Å². The van der Waals surface area contributed by atoms with Gasteiger partial charge in [-0.2, -0.15) is 0 Å². The largest absolute Gasteiger partial charge is 0.323 e. The van der Waals surface area contributed by atoms with Crippen molar-refractivity contribution in [1.29, 1.82) is 0 Å². The van der Waals surface area contributed by atoms with Gasteiger partial charge in [-0.15, -0.1) is 0 Å². The molecule has 0 aliphatic rings. The molecule has 3 rings (SSSR count). The van der Waals surface area contributed by atoms with Crippen LogP contribution in [0.5, 0.6) is 0 Å². The van der Waals surface area contributed by atoms with Crippen molar-refractivity contribution in [2.24, 2.45) is 0 Å². The average Bonchev–Trinajstić information content (AvgIpc) is 2.69. The number of rotatable bonds is 1. The number of fused-ring (bicyclic) bond motifs is 1. The Labute approximate surface area is 94.2 Å². The third-order valence-electron chi connectivity index (χ3n) is 2.89. The minimum atomic E-state index is 1.03. The van der Waals surface area contributed by atoms with Crippen LogP contribution in [-0.2, 0) is 0 Å². The summed E-state index contributed by atoms with van der Waals surface area (Å²) in [5.41, 5.74) is 4.75. The second-order valence-electron chi connectivity index (χ2n) is 3.88. The van der Waals surface area contributed by atoms with Crippen LogP contribution >= 0.6 is 0 Å². The maximum absolute atomic E-state index is 4.39. The number of hydrogen-bond acceptors (Lipinski definition) is 1. The SMILES string of the molecule is Cc1c(-c2ccccn2)cn2ccccc12. The van der Waals surface area contributed by atoms with Crippen LogP contribution < -0.4 is 0 Å². The molecule has 0 aliphatic heterocycles. The van der Waals surface area contributed by atoms with Gasteiger partial charge < -0.3 is 4.40 Å². The van der Waals surface area contributed by atoms with Crippen molar-refractivity contribution in [3.8, 4) is 11.3 Å². The predicted molar refractivity (Wildman–Crippen MR) is 65.4 cm³/mol. The highest BCUT2D eigenvalue weighted by molar-refractivity contribution is 5.74. The highest BCUT2D eigenvalue weighted by Gasteiger charge is 2.08. The highest BCUT2D eigenvalue weighted by atomic mass is 14.9. The van der Waals surface area contributed by atoms with Crippen molar-refractivity contribution < 1.29 is 0 Å². The predicted octanol–water partition coefficient (Wildman–Crippen LogP) is 3.31. The summed E-state index contributed by atoms with van der Waals surface area (Å²) in [6, 6.07) is 12.2. The molecular formula is C14H12N2. The van der Waals surface area contributed by atoms with Gasteiger partial charge in [0.15, 0.2) is 0 Å². The summed E-state index contributed by atoms with van der Waals surface area (Å²) in [6.45, 7) is 2.14. The summed E-state index contributed by atoms with van der Waals surface area (Å²) in [5.74, 6) is 0. The first kappa shape index (κ1) is 9.16. The average molecular weight is 208 g/mol. The third kappa shape index (κ3) is 1.31. The number of hydrogen-bond donors (Lipinski definition) is 0. The second kappa shape index (κ2) is 3.49. The molecule has 3 heterocycles.